The Morgan fingerprint density at radius 2 is 1.87 bits per heavy atom. The van der Waals surface area contributed by atoms with Crippen molar-refractivity contribution in [1.29, 1.82) is 0 Å². The Morgan fingerprint density at radius 3 is 2.48 bits per heavy atom. The summed E-state index contributed by atoms with van der Waals surface area (Å²) in [6.07, 6.45) is 1.60. The van der Waals surface area contributed by atoms with Crippen LogP contribution in [0.5, 0.6) is 0 Å². The third-order valence-corrected chi connectivity index (χ3v) is 3.53. The van der Waals surface area contributed by atoms with Gasteiger partial charge < -0.3 is 15.2 Å². The topological polar surface area (TPSA) is 80.0 Å². The summed E-state index contributed by atoms with van der Waals surface area (Å²) >= 11 is 3.39. The molecule has 6 nitrogen and oxygen atoms in total. The summed E-state index contributed by atoms with van der Waals surface area (Å²) in [6, 6.07) is 12.8. The Kier molecular flexibility index (Phi) is 4.38. The van der Waals surface area contributed by atoms with Gasteiger partial charge in [-0.1, -0.05) is 21.1 Å². The minimum absolute atomic E-state index is 0.298. The van der Waals surface area contributed by atoms with Crippen LogP contribution in [-0.4, -0.2) is 16.0 Å². The first-order chi connectivity index (χ1) is 11.1. The van der Waals surface area contributed by atoms with Gasteiger partial charge in [0.1, 0.15) is 11.5 Å². The molecular formula is C16H13BrN4O2. The lowest BCUT2D eigenvalue weighted by Gasteiger charge is -2.07. The maximum Gasteiger partial charge on any atom is 0.275 e. The van der Waals surface area contributed by atoms with Gasteiger partial charge >= 0.3 is 0 Å². The highest BCUT2D eigenvalue weighted by Gasteiger charge is 2.10. The van der Waals surface area contributed by atoms with Crippen LogP contribution in [0.3, 0.4) is 0 Å². The van der Waals surface area contributed by atoms with Crippen LogP contribution < -0.4 is 10.6 Å². The molecule has 0 radical (unpaired) electrons. The van der Waals surface area contributed by atoms with E-state index >= 15 is 0 Å². The highest BCUT2D eigenvalue weighted by atomic mass is 79.9. The van der Waals surface area contributed by atoms with Gasteiger partial charge in [-0.05, 0) is 43.3 Å². The minimum Gasteiger partial charge on any atom is -0.360 e. The van der Waals surface area contributed by atoms with Crippen LogP contribution in [0.25, 0.3) is 0 Å². The third kappa shape index (κ3) is 3.95. The molecular weight excluding hydrogens is 360 g/mol. The smallest absolute Gasteiger partial charge is 0.275 e. The van der Waals surface area contributed by atoms with E-state index in [0.717, 1.165) is 15.8 Å². The SMILES string of the molecule is Cc1cc(NC(=O)c2ccc(Nc3ccc(Br)cc3)cn2)no1. The lowest BCUT2D eigenvalue weighted by atomic mass is 10.3. The zero-order valence-corrected chi connectivity index (χ0v) is 13.8. The molecule has 0 unspecified atom stereocenters. The monoisotopic (exact) mass is 372 g/mol. The predicted octanol–water partition coefficient (Wildman–Crippen LogP) is 4.14. The molecule has 1 amide bonds. The maximum absolute atomic E-state index is 12.0. The first-order valence-electron chi connectivity index (χ1n) is 6.83. The number of aryl methyl sites for hydroxylation is 1. The molecule has 23 heavy (non-hydrogen) atoms. The number of carbonyl (C=O) groups is 1. The van der Waals surface area contributed by atoms with Gasteiger partial charge in [0.15, 0.2) is 5.82 Å². The quantitative estimate of drug-likeness (QED) is 0.719. The molecule has 2 aromatic heterocycles. The number of carbonyl (C=O) groups excluding carboxylic acids is 1. The fourth-order valence-corrected chi connectivity index (χ4v) is 2.17. The highest BCUT2D eigenvalue weighted by Crippen LogP contribution is 2.19. The Bertz CT molecular complexity index is 813. The largest absolute Gasteiger partial charge is 0.360 e. The van der Waals surface area contributed by atoms with Crippen LogP contribution in [0.2, 0.25) is 0 Å². The van der Waals surface area contributed by atoms with Crippen molar-refractivity contribution < 1.29 is 9.32 Å². The van der Waals surface area contributed by atoms with Crippen molar-refractivity contribution in [2.24, 2.45) is 0 Å². The van der Waals surface area contributed by atoms with Crippen molar-refractivity contribution in [1.82, 2.24) is 10.1 Å². The summed E-state index contributed by atoms with van der Waals surface area (Å²) in [4.78, 5) is 16.2. The average Bonchev–Trinajstić information content (AvgIpc) is 2.95. The lowest BCUT2D eigenvalue weighted by Crippen LogP contribution is -2.13. The first kappa shape index (κ1) is 15.2. The molecule has 7 heteroatoms. The number of benzene rings is 1. The zero-order chi connectivity index (χ0) is 16.2. The van der Waals surface area contributed by atoms with Crippen LogP contribution in [0.15, 0.2) is 57.7 Å². The summed E-state index contributed by atoms with van der Waals surface area (Å²) in [7, 11) is 0. The van der Waals surface area contributed by atoms with E-state index < -0.39 is 0 Å². The Balaban J connectivity index is 1.66. The summed E-state index contributed by atoms with van der Waals surface area (Å²) in [5, 5.41) is 9.54. The second-order valence-electron chi connectivity index (χ2n) is 4.84. The number of halogens is 1. The van der Waals surface area contributed by atoms with Gasteiger partial charge in [-0.2, -0.15) is 0 Å². The Labute approximate surface area is 141 Å². The number of rotatable bonds is 4. The van der Waals surface area contributed by atoms with Gasteiger partial charge in [0.2, 0.25) is 0 Å². The predicted molar refractivity (Wildman–Crippen MR) is 90.9 cm³/mol. The van der Waals surface area contributed by atoms with Gasteiger partial charge in [-0.15, -0.1) is 0 Å². The van der Waals surface area contributed by atoms with Crippen LogP contribution in [0.4, 0.5) is 17.2 Å². The number of aromatic nitrogens is 2. The molecule has 1 aromatic carbocycles. The molecule has 2 heterocycles. The van der Waals surface area contributed by atoms with Gasteiger partial charge in [0.25, 0.3) is 5.91 Å². The molecule has 0 atom stereocenters. The summed E-state index contributed by atoms with van der Waals surface area (Å²) in [5.74, 6) is 0.655. The summed E-state index contributed by atoms with van der Waals surface area (Å²) < 4.78 is 5.91. The van der Waals surface area contributed by atoms with Crippen molar-refractivity contribution in [3.05, 3.63) is 64.6 Å². The normalized spacial score (nSPS) is 10.3. The van der Waals surface area contributed by atoms with Crippen LogP contribution in [0.1, 0.15) is 16.2 Å². The molecule has 2 N–H and O–H groups in total. The molecule has 3 aromatic rings. The van der Waals surface area contributed by atoms with E-state index in [2.05, 4.69) is 36.7 Å². The van der Waals surface area contributed by atoms with Crippen molar-refractivity contribution in [3.8, 4) is 0 Å². The molecule has 0 aliphatic carbocycles. The molecule has 0 saturated heterocycles. The highest BCUT2D eigenvalue weighted by molar-refractivity contribution is 9.10. The van der Waals surface area contributed by atoms with Crippen molar-refractivity contribution in [2.75, 3.05) is 10.6 Å². The minimum atomic E-state index is -0.339. The van der Waals surface area contributed by atoms with Crippen LogP contribution in [0, 0.1) is 6.92 Å². The van der Waals surface area contributed by atoms with E-state index in [1.54, 1.807) is 31.3 Å². The number of hydrogen-bond donors (Lipinski definition) is 2. The molecule has 0 fully saturated rings. The molecule has 3 rings (SSSR count). The standard InChI is InChI=1S/C16H13BrN4O2/c1-10-8-15(21-23-10)20-16(22)14-7-6-13(9-18-14)19-12-4-2-11(17)3-5-12/h2-9,19H,1H3,(H,20,21,22). The van der Waals surface area contributed by atoms with Crippen molar-refractivity contribution >= 4 is 39.0 Å². The first-order valence-corrected chi connectivity index (χ1v) is 7.63. The fraction of sp³-hybridized carbons (Fsp3) is 0.0625. The van der Waals surface area contributed by atoms with Gasteiger partial charge in [-0.3, -0.25) is 4.79 Å². The number of hydrogen-bond acceptors (Lipinski definition) is 5. The van der Waals surface area contributed by atoms with E-state index in [0.29, 0.717) is 17.3 Å². The molecule has 0 aliphatic rings. The summed E-state index contributed by atoms with van der Waals surface area (Å²) in [5.41, 5.74) is 2.03. The maximum atomic E-state index is 12.0. The number of amides is 1. The van der Waals surface area contributed by atoms with Crippen LogP contribution in [-0.2, 0) is 0 Å². The lowest BCUT2D eigenvalue weighted by molar-refractivity contribution is 0.102. The number of anilines is 3. The second kappa shape index (κ2) is 6.62. The van der Waals surface area contributed by atoms with E-state index in [1.165, 1.54) is 0 Å². The van der Waals surface area contributed by atoms with Gasteiger partial charge in [0, 0.05) is 16.2 Å². The number of nitrogens with one attached hydrogen (secondary N) is 2. The van der Waals surface area contributed by atoms with Gasteiger partial charge in [0.05, 0.1) is 11.9 Å². The molecule has 0 saturated carbocycles. The Morgan fingerprint density at radius 1 is 1.13 bits per heavy atom. The van der Waals surface area contributed by atoms with E-state index in [1.807, 2.05) is 24.3 Å². The van der Waals surface area contributed by atoms with E-state index in [-0.39, 0.29) is 5.91 Å². The van der Waals surface area contributed by atoms with E-state index in [9.17, 15) is 4.79 Å². The fourth-order valence-electron chi connectivity index (χ4n) is 1.91. The molecule has 0 aliphatic heterocycles. The molecule has 0 spiro atoms. The molecule has 0 bridgehead atoms. The zero-order valence-electron chi connectivity index (χ0n) is 12.2. The summed E-state index contributed by atoms with van der Waals surface area (Å²) in [6.45, 7) is 1.75. The second-order valence-corrected chi connectivity index (χ2v) is 5.76. The van der Waals surface area contributed by atoms with Crippen LogP contribution >= 0.6 is 15.9 Å². The number of pyridine rings is 1. The Hall–Kier alpha value is -2.67. The average molecular weight is 373 g/mol. The van der Waals surface area contributed by atoms with Gasteiger partial charge in [-0.25, -0.2) is 4.98 Å². The third-order valence-electron chi connectivity index (χ3n) is 3.00. The number of nitrogens with zero attached hydrogens (tertiary/aromatic N) is 2. The molecule has 116 valence electrons. The van der Waals surface area contributed by atoms with Crippen molar-refractivity contribution in [2.45, 2.75) is 6.92 Å². The van der Waals surface area contributed by atoms with Crippen molar-refractivity contribution in [3.63, 3.8) is 0 Å². The van der Waals surface area contributed by atoms with E-state index in [4.69, 9.17) is 4.52 Å².